The molecule has 0 unspecified atom stereocenters. The molecule has 0 aliphatic carbocycles. The molecule has 4 rings (SSSR count). The molecule has 1 N–H and O–H groups in total. The summed E-state index contributed by atoms with van der Waals surface area (Å²) in [6.45, 7) is 0.296. The first-order valence-electron chi connectivity index (χ1n) is 10.7. The number of amides is 1. The highest BCUT2D eigenvalue weighted by molar-refractivity contribution is 6.30. The molecule has 0 aromatic heterocycles. The minimum Gasteiger partial charge on any atom is -0.489 e. The van der Waals surface area contributed by atoms with Crippen LogP contribution >= 0.6 is 11.6 Å². The van der Waals surface area contributed by atoms with E-state index in [1.807, 2.05) is 103 Å². The van der Waals surface area contributed by atoms with Gasteiger partial charge >= 0.3 is 0 Å². The van der Waals surface area contributed by atoms with Crippen LogP contribution in [0.3, 0.4) is 0 Å². The molecular weight excluding hydrogens is 448 g/mol. The number of hydrogen-bond donors (Lipinski definition) is 1. The highest BCUT2D eigenvalue weighted by Gasteiger charge is 2.03. The Morgan fingerprint density at radius 2 is 1.53 bits per heavy atom. The van der Waals surface area contributed by atoms with Crippen molar-refractivity contribution in [2.24, 2.45) is 5.10 Å². The SMILES string of the molecule is O=C(COc1ccc(-c2ccccc2)cc1)N/N=C\c1cccc(OCc2ccc(Cl)cc2)c1. The van der Waals surface area contributed by atoms with Crippen LogP contribution in [-0.4, -0.2) is 18.7 Å². The monoisotopic (exact) mass is 470 g/mol. The first-order chi connectivity index (χ1) is 16.7. The van der Waals surface area contributed by atoms with Crippen LogP contribution in [0.25, 0.3) is 11.1 Å². The zero-order valence-corrected chi connectivity index (χ0v) is 19.1. The molecule has 0 saturated heterocycles. The Morgan fingerprint density at radius 3 is 2.29 bits per heavy atom. The summed E-state index contributed by atoms with van der Waals surface area (Å²) in [6, 6.07) is 32.6. The molecule has 6 heteroatoms. The summed E-state index contributed by atoms with van der Waals surface area (Å²) in [5.41, 5.74) is 6.50. The van der Waals surface area contributed by atoms with Crippen LogP contribution in [0.15, 0.2) is 108 Å². The summed E-state index contributed by atoms with van der Waals surface area (Å²) >= 11 is 5.90. The number of hydrogen-bond acceptors (Lipinski definition) is 4. The lowest BCUT2D eigenvalue weighted by molar-refractivity contribution is -0.123. The normalized spacial score (nSPS) is 10.7. The summed E-state index contributed by atoms with van der Waals surface area (Å²) < 4.78 is 11.4. The quantitative estimate of drug-likeness (QED) is 0.237. The zero-order valence-electron chi connectivity index (χ0n) is 18.4. The maximum Gasteiger partial charge on any atom is 0.277 e. The van der Waals surface area contributed by atoms with Gasteiger partial charge in [-0.25, -0.2) is 5.43 Å². The number of ether oxygens (including phenoxy) is 2. The van der Waals surface area contributed by atoms with Crippen LogP contribution in [0.5, 0.6) is 11.5 Å². The minimum atomic E-state index is -0.349. The lowest BCUT2D eigenvalue weighted by Gasteiger charge is -2.07. The Bertz CT molecular complexity index is 1240. The molecule has 5 nitrogen and oxygen atoms in total. The van der Waals surface area contributed by atoms with E-state index >= 15 is 0 Å². The Balaban J connectivity index is 1.23. The van der Waals surface area contributed by atoms with Gasteiger partial charge in [-0.05, 0) is 58.7 Å². The lowest BCUT2D eigenvalue weighted by atomic mass is 10.1. The van der Waals surface area contributed by atoms with E-state index in [2.05, 4.69) is 10.5 Å². The van der Waals surface area contributed by atoms with E-state index in [-0.39, 0.29) is 12.5 Å². The zero-order chi connectivity index (χ0) is 23.6. The summed E-state index contributed by atoms with van der Waals surface area (Å²) in [7, 11) is 0. The van der Waals surface area contributed by atoms with Crippen LogP contribution in [0.4, 0.5) is 0 Å². The standard InChI is InChI=1S/C28H23ClN2O3/c29-25-13-9-21(10-14-25)19-33-27-8-4-5-22(17-27)18-30-31-28(32)20-34-26-15-11-24(12-16-26)23-6-2-1-3-7-23/h1-18H,19-20H2,(H,31,32)/b30-18-. The molecule has 4 aromatic carbocycles. The van der Waals surface area contributed by atoms with Crippen molar-refractivity contribution in [1.82, 2.24) is 5.43 Å². The third kappa shape index (κ3) is 6.95. The van der Waals surface area contributed by atoms with E-state index < -0.39 is 0 Å². The predicted octanol–water partition coefficient (Wildman–Crippen LogP) is 6.12. The van der Waals surface area contributed by atoms with E-state index in [1.54, 1.807) is 6.21 Å². The van der Waals surface area contributed by atoms with Crippen molar-refractivity contribution in [1.29, 1.82) is 0 Å². The Labute approximate surface area is 203 Å². The van der Waals surface area contributed by atoms with E-state index in [0.29, 0.717) is 23.1 Å². The van der Waals surface area contributed by atoms with Gasteiger partial charge in [0.05, 0.1) is 6.21 Å². The number of carbonyl (C=O) groups excluding carboxylic acids is 1. The highest BCUT2D eigenvalue weighted by atomic mass is 35.5. The van der Waals surface area contributed by atoms with E-state index in [4.69, 9.17) is 21.1 Å². The van der Waals surface area contributed by atoms with Crippen molar-refractivity contribution >= 4 is 23.7 Å². The molecule has 170 valence electrons. The van der Waals surface area contributed by atoms with Crippen molar-refractivity contribution in [2.75, 3.05) is 6.61 Å². The molecule has 0 fully saturated rings. The summed E-state index contributed by atoms with van der Waals surface area (Å²) in [5.74, 6) is 0.968. The van der Waals surface area contributed by atoms with Crippen LogP contribution in [-0.2, 0) is 11.4 Å². The van der Waals surface area contributed by atoms with Gasteiger partial charge in [-0.1, -0.05) is 78.3 Å². The second-order valence-electron chi connectivity index (χ2n) is 7.46. The van der Waals surface area contributed by atoms with Crippen molar-refractivity contribution in [3.05, 3.63) is 119 Å². The average molecular weight is 471 g/mol. The molecule has 0 saturated carbocycles. The number of rotatable bonds is 9. The second-order valence-corrected chi connectivity index (χ2v) is 7.90. The summed E-state index contributed by atoms with van der Waals surface area (Å²) in [5, 5.41) is 4.69. The fourth-order valence-corrected chi connectivity index (χ4v) is 3.29. The Kier molecular flexibility index (Phi) is 7.93. The fourth-order valence-electron chi connectivity index (χ4n) is 3.17. The smallest absolute Gasteiger partial charge is 0.277 e. The fraction of sp³-hybridized carbons (Fsp3) is 0.0714. The van der Waals surface area contributed by atoms with Gasteiger partial charge in [0.2, 0.25) is 0 Å². The van der Waals surface area contributed by atoms with Crippen molar-refractivity contribution in [2.45, 2.75) is 6.61 Å². The molecule has 0 spiro atoms. The third-order valence-corrected chi connectivity index (χ3v) is 5.16. The summed E-state index contributed by atoms with van der Waals surface area (Å²) in [4.78, 5) is 12.1. The molecule has 34 heavy (non-hydrogen) atoms. The number of carbonyl (C=O) groups is 1. The van der Waals surface area contributed by atoms with Crippen molar-refractivity contribution in [3.63, 3.8) is 0 Å². The number of nitrogens with zero attached hydrogens (tertiary/aromatic N) is 1. The molecule has 0 aliphatic heterocycles. The van der Waals surface area contributed by atoms with Gasteiger partial charge in [0, 0.05) is 5.02 Å². The van der Waals surface area contributed by atoms with Gasteiger partial charge in [-0.15, -0.1) is 0 Å². The molecule has 0 atom stereocenters. The third-order valence-electron chi connectivity index (χ3n) is 4.91. The summed E-state index contributed by atoms with van der Waals surface area (Å²) in [6.07, 6.45) is 1.56. The number of benzene rings is 4. The second kappa shape index (κ2) is 11.7. The van der Waals surface area contributed by atoms with E-state index in [1.165, 1.54) is 0 Å². The van der Waals surface area contributed by atoms with E-state index in [0.717, 1.165) is 22.3 Å². The van der Waals surface area contributed by atoms with Crippen LogP contribution in [0.2, 0.25) is 5.02 Å². The number of hydrazone groups is 1. The minimum absolute atomic E-state index is 0.133. The molecule has 0 heterocycles. The van der Waals surface area contributed by atoms with E-state index in [9.17, 15) is 4.79 Å². The molecule has 1 amide bonds. The lowest BCUT2D eigenvalue weighted by Crippen LogP contribution is -2.24. The van der Waals surface area contributed by atoms with Gasteiger partial charge in [0.1, 0.15) is 18.1 Å². The molecule has 0 radical (unpaired) electrons. The molecule has 0 aliphatic rings. The topological polar surface area (TPSA) is 59.9 Å². The van der Waals surface area contributed by atoms with Gasteiger partial charge in [-0.3, -0.25) is 4.79 Å². The molecule has 4 aromatic rings. The maximum atomic E-state index is 12.1. The largest absolute Gasteiger partial charge is 0.489 e. The Hall–Kier alpha value is -4.09. The van der Waals surface area contributed by atoms with Gasteiger partial charge in [-0.2, -0.15) is 5.10 Å². The number of nitrogens with one attached hydrogen (secondary N) is 1. The average Bonchev–Trinajstić information content (AvgIpc) is 2.88. The van der Waals surface area contributed by atoms with Gasteiger partial charge < -0.3 is 9.47 Å². The van der Waals surface area contributed by atoms with Crippen LogP contribution in [0, 0.1) is 0 Å². The first kappa shape index (κ1) is 23.1. The number of halogens is 1. The van der Waals surface area contributed by atoms with Crippen LogP contribution < -0.4 is 14.9 Å². The van der Waals surface area contributed by atoms with Crippen LogP contribution in [0.1, 0.15) is 11.1 Å². The maximum absolute atomic E-state index is 12.1. The Morgan fingerprint density at radius 1 is 0.794 bits per heavy atom. The van der Waals surface area contributed by atoms with Crippen molar-refractivity contribution in [3.8, 4) is 22.6 Å². The molecule has 0 bridgehead atoms. The highest BCUT2D eigenvalue weighted by Crippen LogP contribution is 2.22. The van der Waals surface area contributed by atoms with Gasteiger partial charge in [0.25, 0.3) is 5.91 Å². The first-order valence-corrected chi connectivity index (χ1v) is 11.1. The molecular formula is C28H23ClN2O3. The predicted molar refractivity (Wildman–Crippen MR) is 135 cm³/mol. The van der Waals surface area contributed by atoms with Crippen molar-refractivity contribution < 1.29 is 14.3 Å². The van der Waals surface area contributed by atoms with Gasteiger partial charge in [0.15, 0.2) is 6.61 Å².